The summed E-state index contributed by atoms with van der Waals surface area (Å²) < 4.78 is 1.64. The molecule has 1 aliphatic carbocycles. The van der Waals surface area contributed by atoms with Crippen LogP contribution in [-0.4, -0.2) is 9.55 Å². The molecule has 94 valence electrons. The van der Waals surface area contributed by atoms with E-state index in [4.69, 9.17) is 0 Å². The van der Waals surface area contributed by atoms with Gasteiger partial charge in [-0.25, -0.2) is 4.98 Å². The highest BCUT2D eigenvalue weighted by Crippen LogP contribution is 2.35. The van der Waals surface area contributed by atoms with Gasteiger partial charge in [0.1, 0.15) is 4.83 Å². The van der Waals surface area contributed by atoms with Crippen LogP contribution in [0.4, 0.5) is 0 Å². The summed E-state index contributed by atoms with van der Waals surface area (Å²) in [6.07, 6.45) is 6.66. The van der Waals surface area contributed by atoms with Crippen LogP contribution >= 0.6 is 11.3 Å². The SMILES string of the molecule is C=CCn1cnc2sc3c(c2c1=O)CCC(C)C3. The zero-order valence-electron chi connectivity index (χ0n) is 10.5. The van der Waals surface area contributed by atoms with Gasteiger partial charge in [0.2, 0.25) is 0 Å². The van der Waals surface area contributed by atoms with Crippen molar-refractivity contribution in [1.82, 2.24) is 9.55 Å². The Bertz CT molecular complexity index is 668. The van der Waals surface area contributed by atoms with Crippen LogP contribution in [0.5, 0.6) is 0 Å². The molecule has 3 nitrogen and oxygen atoms in total. The second kappa shape index (κ2) is 4.35. The number of allylic oxidation sites excluding steroid dienone is 1. The van der Waals surface area contributed by atoms with E-state index in [1.165, 1.54) is 16.9 Å². The predicted octanol–water partition coefficient (Wildman–Crippen LogP) is 2.77. The lowest BCUT2D eigenvalue weighted by Gasteiger charge is -2.17. The van der Waals surface area contributed by atoms with E-state index in [0.29, 0.717) is 6.54 Å². The summed E-state index contributed by atoms with van der Waals surface area (Å²) >= 11 is 1.69. The number of hydrogen-bond acceptors (Lipinski definition) is 3. The van der Waals surface area contributed by atoms with Crippen molar-refractivity contribution in [1.29, 1.82) is 0 Å². The number of fused-ring (bicyclic) bond motifs is 3. The fourth-order valence-corrected chi connectivity index (χ4v) is 3.98. The molecule has 1 unspecified atom stereocenters. The van der Waals surface area contributed by atoms with Crippen LogP contribution < -0.4 is 5.56 Å². The van der Waals surface area contributed by atoms with Gasteiger partial charge in [0.05, 0.1) is 11.7 Å². The van der Waals surface area contributed by atoms with Crippen LogP contribution in [0, 0.1) is 5.92 Å². The van der Waals surface area contributed by atoms with E-state index < -0.39 is 0 Å². The smallest absolute Gasteiger partial charge is 0.262 e. The fourth-order valence-electron chi connectivity index (χ4n) is 2.64. The van der Waals surface area contributed by atoms with Crippen LogP contribution in [0.3, 0.4) is 0 Å². The fraction of sp³-hybridized carbons (Fsp3) is 0.429. The van der Waals surface area contributed by atoms with E-state index >= 15 is 0 Å². The normalized spacial score (nSPS) is 18.8. The number of thiophene rings is 1. The van der Waals surface area contributed by atoms with Gasteiger partial charge in [-0.1, -0.05) is 13.0 Å². The number of aromatic nitrogens is 2. The molecule has 4 heteroatoms. The van der Waals surface area contributed by atoms with Crippen molar-refractivity contribution in [2.75, 3.05) is 0 Å². The number of hydrogen-bond donors (Lipinski definition) is 0. The number of aryl methyl sites for hydroxylation is 1. The summed E-state index contributed by atoms with van der Waals surface area (Å²) in [6.45, 7) is 6.48. The summed E-state index contributed by atoms with van der Waals surface area (Å²) in [4.78, 5) is 19.1. The van der Waals surface area contributed by atoms with Crippen LogP contribution in [0.1, 0.15) is 23.8 Å². The van der Waals surface area contributed by atoms with E-state index in [-0.39, 0.29) is 5.56 Å². The highest BCUT2D eigenvalue weighted by atomic mass is 32.1. The third-order valence-corrected chi connectivity index (χ3v) is 4.77. The molecule has 0 aromatic carbocycles. The van der Waals surface area contributed by atoms with Gasteiger partial charge in [-0.15, -0.1) is 17.9 Å². The molecule has 1 atom stereocenters. The number of nitrogens with zero attached hydrogens (tertiary/aromatic N) is 2. The zero-order valence-corrected chi connectivity index (χ0v) is 11.3. The minimum absolute atomic E-state index is 0.0898. The molecule has 0 bridgehead atoms. The van der Waals surface area contributed by atoms with Gasteiger partial charge in [-0.3, -0.25) is 9.36 Å². The maximum atomic E-state index is 12.4. The Morgan fingerprint density at radius 3 is 3.28 bits per heavy atom. The topological polar surface area (TPSA) is 34.9 Å². The Labute approximate surface area is 110 Å². The second-order valence-electron chi connectivity index (χ2n) is 5.02. The Kier molecular flexibility index (Phi) is 2.82. The first-order chi connectivity index (χ1) is 8.70. The lowest BCUT2D eigenvalue weighted by atomic mass is 9.89. The van der Waals surface area contributed by atoms with Gasteiger partial charge in [-0.05, 0) is 30.7 Å². The van der Waals surface area contributed by atoms with E-state index in [1.54, 1.807) is 28.3 Å². The Morgan fingerprint density at radius 1 is 1.67 bits per heavy atom. The van der Waals surface area contributed by atoms with E-state index in [0.717, 1.165) is 29.0 Å². The summed E-state index contributed by atoms with van der Waals surface area (Å²) in [7, 11) is 0. The van der Waals surface area contributed by atoms with E-state index in [1.807, 2.05) is 0 Å². The minimum atomic E-state index is 0.0898. The molecular weight excluding hydrogens is 244 g/mol. The Balaban J connectivity index is 2.25. The molecule has 0 amide bonds. The molecule has 18 heavy (non-hydrogen) atoms. The molecule has 0 N–H and O–H groups in total. The van der Waals surface area contributed by atoms with Crippen LogP contribution in [0.15, 0.2) is 23.8 Å². The Morgan fingerprint density at radius 2 is 2.50 bits per heavy atom. The van der Waals surface area contributed by atoms with Crippen molar-refractivity contribution in [3.05, 3.63) is 39.8 Å². The Hall–Kier alpha value is -1.42. The van der Waals surface area contributed by atoms with Crippen molar-refractivity contribution in [2.45, 2.75) is 32.7 Å². The van der Waals surface area contributed by atoms with Gasteiger partial charge in [0.25, 0.3) is 5.56 Å². The third kappa shape index (κ3) is 1.72. The molecular formula is C14H16N2OS. The van der Waals surface area contributed by atoms with Crippen molar-refractivity contribution in [3.8, 4) is 0 Å². The molecule has 0 saturated carbocycles. The molecule has 0 fully saturated rings. The molecule has 2 aromatic rings. The first kappa shape index (κ1) is 11.7. The monoisotopic (exact) mass is 260 g/mol. The highest BCUT2D eigenvalue weighted by Gasteiger charge is 2.22. The molecule has 2 heterocycles. The quantitative estimate of drug-likeness (QED) is 0.778. The summed E-state index contributed by atoms with van der Waals surface area (Å²) in [6, 6.07) is 0. The van der Waals surface area contributed by atoms with Crippen LogP contribution in [0.2, 0.25) is 0 Å². The molecule has 3 rings (SSSR count). The van der Waals surface area contributed by atoms with E-state index in [2.05, 4.69) is 18.5 Å². The van der Waals surface area contributed by atoms with Crippen LogP contribution in [-0.2, 0) is 19.4 Å². The van der Waals surface area contributed by atoms with Gasteiger partial charge in [0, 0.05) is 11.4 Å². The molecule has 0 aliphatic heterocycles. The van der Waals surface area contributed by atoms with Crippen molar-refractivity contribution in [2.24, 2.45) is 5.92 Å². The lowest BCUT2D eigenvalue weighted by molar-refractivity contribution is 0.509. The summed E-state index contributed by atoms with van der Waals surface area (Å²) in [5, 5.41) is 0.853. The maximum Gasteiger partial charge on any atom is 0.262 e. The zero-order chi connectivity index (χ0) is 12.7. The van der Waals surface area contributed by atoms with Crippen molar-refractivity contribution < 1.29 is 0 Å². The predicted molar refractivity (Wildman–Crippen MR) is 75.3 cm³/mol. The molecule has 2 aromatic heterocycles. The summed E-state index contributed by atoms with van der Waals surface area (Å²) in [5.41, 5.74) is 1.34. The average molecular weight is 260 g/mol. The van der Waals surface area contributed by atoms with Crippen LogP contribution in [0.25, 0.3) is 10.2 Å². The highest BCUT2D eigenvalue weighted by molar-refractivity contribution is 7.18. The first-order valence-corrected chi connectivity index (χ1v) is 7.13. The van der Waals surface area contributed by atoms with Crippen molar-refractivity contribution >= 4 is 21.6 Å². The molecule has 1 aliphatic rings. The summed E-state index contributed by atoms with van der Waals surface area (Å²) in [5.74, 6) is 0.723. The van der Waals surface area contributed by atoms with Crippen molar-refractivity contribution in [3.63, 3.8) is 0 Å². The average Bonchev–Trinajstić information content (AvgIpc) is 2.71. The first-order valence-electron chi connectivity index (χ1n) is 6.31. The van der Waals surface area contributed by atoms with Gasteiger partial charge in [0.15, 0.2) is 0 Å². The minimum Gasteiger partial charge on any atom is -0.295 e. The van der Waals surface area contributed by atoms with Gasteiger partial charge in [-0.2, -0.15) is 0 Å². The van der Waals surface area contributed by atoms with E-state index in [9.17, 15) is 4.79 Å². The van der Waals surface area contributed by atoms with Gasteiger partial charge >= 0.3 is 0 Å². The standard InChI is InChI=1S/C14H16N2OS/c1-3-6-16-8-15-13-12(14(16)17)10-5-4-9(2)7-11(10)18-13/h3,8-9H,1,4-7H2,2H3. The number of rotatable bonds is 2. The largest absolute Gasteiger partial charge is 0.295 e. The molecule has 0 spiro atoms. The third-order valence-electron chi connectivity index (χ3n) is 3.61. The maximum absolute atomic E-state index is 12.4. The molecule has 0 radical (unpaired) electrons. The van der Waals surface area contributed by atoms with Gasteiger partial charge < -0.3 is 0 Å². The second-order valence-corrected chi connectivity index (χ2v) is 6.11. The molecule has 0 saturated heterocycles. The lowest BCUT2D eigenvalue weighted by Crippen LogP contribution is -2.20.